The lowest BCUT2D eigenvalue weighted by Gasteiger charge is -2.18. The number of hydrogen-bond donors (Lipinski definition) is 2. The van der Waals surface area contributed by atoms with Crippen LogP contribution in [0, 0.1) is 0 Å². The molecule has 2 atom stereocenters. The van der Waals surface area contributed by atoms with Crippen LogP contribution in [0.3, 0.4) is 0 Å². The number of amides is 1. The predicted octanol–water partition coefficient (Wildman–Crippen LogP) is 2.27. The fourth-order valence-electron chi connectivity index (χ4n) is 2.09. The summed E-state index contributed by atoms with van der Waals surface area (Å²) >= 11 is 6.13. The third kappa shape index (κ3) is 3.20. The monoisotopic (exact) mass is 252 g/mol. The van der Waals surface area contributed by atoms with Crippen LogP contribution in [-0.2, 0) is 4.79 Å². The molecule has 1 aromatic carbocycles. The number of hydrogen-bond acceptors (Lipinski definition) is 2. The van der Waals surface area contributed by atoms with E-state index in [1.165, 1.54) is 0 Å². The van der Waals surface area contributed by atoms with Crippen LogP contribution in [0.5, 0.6) is 0 Å². The summed E-state index contributed by atoms with van der Waals surface area (Å²) in [5.74, 6) is 0.155. The SMILES string of the molecule is C[C@@H](NCC1CCC(=O)N1)c1ccccc1Cl. The van der Waals surface area contributed by atoms with Crippen LogP contribution < -0.4 is 10.6 Å². The van der Waals surface area contributed by atoms with E-state index in [-0.39, 0.29) is 18.0 Å². The minimum absolute atomic E-state index is 0.155. The molecule has 0 radical (unpaired) electrons. The molecule has 1 aliphatic rings. The van der Waals surface area contributed by atoms with Crippen molar-refractivity contribution in [2.45, 2.75) is 31.8 Å². The minimum Gasteiger partial charge on any atom is -0.352 e. The zero-order valence-corrected chi connectivity index (χ0v) is 10.6. The minimum atomic E-state index is 0.155. The molecule has 1 amide bonds. The van der Waals surface area contributed by atoms with Crippen molar-refractivity contribution in [1.29, 1.82) is 0 Å². The molecule has 2 rings (SSSR count). The smallest absolute Gasteiger partial charge is 0.220 e. The Morgan fingerprint density at radius 2 is 2.29 bits per heavy atom. The maximum absolute atomic E-state index is 11.1. The fraction of sp³-hybridized carbons (Fsp3) is 0.462. The van der Waals surface area contributed by atoms with Crippen LogP contribution in [0.4, 0.5) is 0 Å². The van der Waals surface area contributed by atoms with Crippen molar-refractivity contribution in [2.24, 2.45) is 0 Å². The summed E-state index contributed by atoms with van der Waals surface area (Å²) in [7, 11) is 0. The molecule has 0 aliphatic carbocycles. The number of benzene rings is 1. The molecule has 4 heteroatoms. The number of rotatable bonds is 4. The number of nitrogens with one attached hydrogen (secondary N) is 2. The Morgan fingerprint density at radius 1 is 1.53 bits per heavy atom. The molecule has 1 heterocycles. The zero-order chi connectivity index (χ0) is 12.3. The van der Waals surface area contributed by atoms with Gasteiger partial charge in [0.05, 0.1) is 0 Å². The fourth-order valence-corrected chi connectivity index (χ4v) is 2.39. The normalized spacial score (nSPS) is 21.3. The quantitative estimate of drug-likeness (QED) is 0.863. The van der Waals surface area contributed by atoms with Gasteiger partial charge in [0.15, 0.2) is 0 Å². The second-order valence-electron chi connectivity index (χ2n) is 4.45. The van der Waals surface area contributed by atoms with E-state index in [1.807, 2.05) is 24.3 Å². The van der Waals surface area contributed by atoms with E-state index in [4.69, 9.17) is 11.6 Å². The Bertz CT molecular complexity index is 408. The summed E-state index contributed by atoms with van der Waals surface area (Å²) in [5.41, 5.74) is 1.10. The van der Waals surface area contributed by atoms with Gasteiger partial charge in [0, 0.05) is 30.1 Å². The van der Waals surface area contributed by atoms with Gasteiger partial charge in [-0.05, 0) is 25.0 Å². The second kappa shape index (κ2) is 5.52. The van der Waals surface area contributed by atoms with E-state index < -0.39 is 0 Å². The van der Waals surface area contributed by atoms with Gasteiger partial charge in [-0.2, -0.15) is 0 Å². The van der Waals surface area contributed by atoms with Gasteiger partial charge in [-0.1, -0.05) is 29.8 Å². The molecule has 1 aliphatic heterocycles. The molecule has 1 fully saturated rings. The average Bonchev–Trinajstić information content (AvgIpc) is 2.73. The molecule has 1 saturated heterocycles. The average molecular weight is 253 g/mol. The third-order valence-electron chi connectivity index (χ3n) is 3.13. The molecule has 0 aromatic heterocycles. The maximum atomic E-state index is 11.1. The van der Waals surface area contributed by atoms with E-state index in [0.717, 1.165) is 23.6 Å². The van der Waals surface area contributed by atoms with Crippen molar-refractivity contribution < 1.29 is 4.79 Å². The summed E-state index contributed by atoms with van der Waals surface area (Å²) < 4.78 is 0. The van der Waals surface area contributed by atoms with E-state index >= 15 is 0 Å². The molecule has 0 spiro atoms. The molecular formula is C13H17ClN2O. The highest BCUT2D eigenvalue weighted by atomic mass is 35.5. The van der Waals surface area contributed by atoms with Gasteiger partial charge in [0.2, 0.25) is 5.91 Å². The molecule has 17 heavy (non-hydrogen) atoms. The first-order chi connectivity index (χ1) is 8.16. The highest BCUT2D eigenvalue weighted by Crippen LogP contribution is 2.22. The summed E-state index contributed by atoms with van der Waals surface area (Å²) in [5, 5.41) is 7.12. The summed E-state index contributed by atoms with van der Waals surface area (Å²) in [6.45, 7) is 2.87. The molecule has 1 aromatic rings. The highest BCUT2D eigenvalue weighted by molar-refractivity contribution is 6.31. The number of halogens is 1. The van der Waals surface area contributed by atoms with E-state index in [9.17, 15) is 4.79 Å². The van der Waals surface area contributed by atoms with Gasteiger partial charge in [0.25, 0.3) is 0 Å². The third-order valence-corrected chi connectivity index (χ3v) is 3.47. The summed E-state index contributed by atoms with van der Waals surface area (Å²) in [6.07, 6.45) is 1.56. The Balaban J connectivity index is 1.87. The maximum Gasteiger partial charge on any atom is 0.220 e. The standard InChI is InChI=1S/C13H17ClN2O/c1-9(11-4-2-3-5-12(11)14)15-8-10-6-7-13(17)16-10/h2-5,9-10,15H,6-8H2,1H3,(H,16,17)/t9-,10?/m1/s1. The summed E-state index contributed by atoms with van der Waals surface area (Å²) in [6, 6.07) is 8.28. The van der Waals surface area contributed by atoms with Gasteiger partial charge in [-0.3, -0.25) is 4.79 Å². The van der Waals surface area contributed by atoms with Crippen LogP contribution in [0.1, 0.15) is 31.4 Å². The van der Waals surface area contributed by atoms with Crippen LogP contribution in [-0.4, -0.2) is 18.5 Å². The van der Waals surface area contributed by atoms with Gasteiger partial charge in [0.1, 0.15) is 0 Å². The largest absolute Gasteiger partial charge is 0.352 e. The van der Waals surface area contributed by atoms with Crippen molar-refractivity contribution in [3.63, 3.8) is 0 Å². The summed E-state index contributed by atoms with van der Waals surface area (Å²) in [4.78, 5) is 11.1. The van der Waals surface area contributed by atoms with Crippen LogP contribution in [0.2, 0.25) is 5.02 Å². The van der Waals surface area contributed by atoms with Crippen molar-refractivity contribution in [1.82, 2.24) is 10.6 Å². The van der Waals surface area contributed by atoms with Gasteiger partial charge in [-0.25, -0.2) is 0 Å². The van der Waals surface area contributed by atoms with E-state index in [2.05, 4.69) is 17.6 Å². The van der Waals surface area contributed by atoms with Gasteiger partial charge in [-0.15, -0.1) is 0 Å². The Labute approximate surface area is 107 Å². The first kappa shape index (κ1) is 12.4. The van der Waals surface area contributed by atoms with Crippen molar-refractivity contribution >= 4 is 17.5 Å². The van der Waals surface area contributed by atoms with Crippen LogP contribution in [0.15, 0.2) is 24.3 Å². The lowest BCUT2D eigenvalue weighted by atomic mass is 10.1. The first-order valence-corrected chi connectivity index (χ1v) is 6.32. The van der Waals surface area contributed by atoms with Crippen molar-refractivity contribution in [3.05, 3.63) is 34.9 Å². The van der Waals surface area contributed by atoms with Crippen LogP contribution >= 0.6 is 11.6 Å². The van der Waals surface area contributed by atoms with E-state index in [0.29, 0.717) is 6.42 Å². The number of carbonyl (C=O) groups excluding carboxylic acids is 1. The van der Waals surface area contributed by atoms with Gasteiger partial charge >= 0.3 is 0 Å². The van der Waals surface area contributed by atoms with Crippen molar-refractivity contribution in [3.8, 4) is 0 Å². The molecule has 0 saturated carbocycles. The molecule has 92 valence electrons. The lowest BCUT2D eigenvalue weighted by Crippen LogP contribution is -2.36. The van der Waals surface area contributed by atoms with E-state index in [1.54, 1.807) is 0 Å². The zero-order valence-electron chi connectivity index (χ0n) is 9.87. The van der Waals surface area contributed by atoms with Crippen LogP contribution in [0.25, 0.3) is 0 Å². The Morgan fingerprint density at radius 3 is 2.94 bits per heavy atom. The second-order valence-corrected chi connectivity index (χ2v) is 4.86. The highest BCUT2D eigenvalue weighted by Gasteiger charge is 2.21. The number of carbonyl (C=O) groups is 1. The first-order valence-electron chi connectivity index (χ1n) is 5.94. The lowest BCUT2D eigenvalue weighted by molar-refractivity contribution is -0.119. The molecular weight excluding hydrogens is 236 g/mol. The Hall–Kier alpha value is -1.06. The van der Waals surface area contributed by atoms with Gasteiger partial charge < -0.3 is 10.6 Å². The topological polar surface area (TPSA) is 41.1 Å². The molecule has 3 nitrogen and oxygen atoms in total. The van der Waals surface area contributed by atoms with Crippen molar-refractivity contribution in [2.75, 3.05) is 6.54 Å². The molecule has 0 bridgehead atoms. The predicted molar refractivity (Wildman–Crippen MR) is 69.0 cm³/mol. The molecule has 2 N–H and O–H groups in total. The molecule has 1 unspecified atom stereocenters. The Kier molecular flexibility index (Phi) is 4.02.